The second kappa shape index (κ2) is 5.42. The van der Waals surface area contributed by atoms with E-state index in [9.17, 15) is 8.76 Å². The molecule has 0 bridgehead atoms. The molecule has 110 valence electrons. The van der Waals surface area contributed by atoms with E-state index >= 15 is 0 Å². The molecule has 21 heavy (non-hydrogen) atoms. The van der Waals surface area contributed by atoms with Crippen LogP contribution in [0.25, 0.3) is 0 Å². The van der Waals surface area contributed by atoms with Crippen LogP contribution in [-0.2, 0) is 14.6 Å². The zero-order valence-corrected chi connectivity index (χ0v) is 12.9. The van der Waals surface area contributed by atoms with E-state index in [4.69, 9.17) is 16.3 Å². The summed E-state index contributed by atoms with van der Waals surface area (Å²) >= 11 is 6.13. The Morgan fingerprint density at radius 3 is 2.62 bits per heavy atom. The molecule has 0 radical (unpaired) electrons. The molecule has 3 rings (SSSR count). The number of sulfonamides is 1. The van der Waals surface area contributed by atoms with E-state index in [0.717, 1.165) is 5.56 Å². The normalized spacial score (nSPS) is 28.3. The van der Waals surface area contributed by atoms with E-state index in [2.05, 4.69) is 4.72 Å². The molecular formula is C15H14ClNO3S. The highest BCUT2D eigenvalue weighted by Gasteiger charge is 2.38. The maximum atomic E-state index is 12.4. The fourth-order valence-corrected chi connectivity index (χ4v) is 4.09. The van der Waals surface area contributed by atoms with Crippen LogP contribution in [0.15, 0.2) is 53.4 Å². The van der Waals surface area contributed by atoms with Crippen molar-refractivity contribution < 1.29 is 13.5 Å². The number of halogens is 1. The lowest BCUT2D eigenvalue weighted by atomic mass is 10.0. The van der Waals surface area contributed by atoms with E-state index in [1.165, 1.54) is 6.07 Å². The SMILES string of the molecule is C[C@H]1N[S+](=O)([O-])c2cccc(Cl)c2O[C@H]1c1ccccc1. The lowest BCUT2D eigenvalue weighted by molar-refractivity contribution is 0.173. The quantitative estimate of drug-likeness (QED) is 0.819. The van der Waals surface area contributed by atoms with Crippen LogP contribution in [-0.4, -0.2) is 10.6 Å². The van der Waals surface area contributed by atoms with Crippen LogP contribution in [0, 0.1) is 0 Å². The van der Waals surface area contributed by atoms with E-state index in [0.29, 0.717) is 0 Å². The molecule has 0 fully saturated rings. The molecule has 1 heterocycles. The van der Waals surface area contributed by atoms with Crippen LogP contribution in [0.4, 0.5) is 0 Å². The minimum atomic E-state index is -3.65. The van der Waals surface area contributed by atoms with Crippen molar-refractivity contribution in [2.75, 3.05) is 0 Å². The first-order valence-corrected chi connectivity index (χ1v) is 8.37. The molecule has 1 aliphatic rings. The minimum absolute atomic E-state index is 0.0697. The van der Waals surface area contributed by atoms with Gasteiger partial charge in [0.2, 0.25) is 4.90 Å². The minimum Gasteiger partial charge on any atom is -0.593 e. The summed E-state index contributed by atoms with van der Waals surface area (Å²) in [5.41, 5.74) is 0.889. The van der Waals surface area contributed by atoms with Gasteiger partial charge in [0.05, 0.1) is 11.1 Å². The molecule has 4 nitrogen and oxygen atoms in total. The lowest BCUT2D eigenvalue weighted by Gasteiger charge is -2.22. The summed E-state index contributed by atoms with van der Waals surface area (Å²) in [7, 11) is -3.65. The van der Waals surface area contributed by atoms with Gasteiger partial charge in [-0.3, -0.25) is 0 Å². The smallest absolute Gasteiger partial charge is 0.218 e. The van der Waals surface area contributed by atoms with Crippen molar-refractivity contribution in [1.82, 2.24) is 4.72 Å². The van der Waals surface area contributed by atoms with Crippen molar-refractivity contribution in [3.8, 4) is 5.75 Å². The highest BCUT2D eigenvalue weighted by Crippen LogP contribution is 2.40. The van der Waals surface area contributed by atoms with Gasteiger partial charge in [-0.05, 0) is 24.6 Å². The largest absolute Gasteiger partial charge is 0.593 e. The number of hydrogen-bond donors (Lipinski definition) is 1. The fraction of sp³-hybridized carbons (Fsp3) is 0.200. The Kier molecular flexibility index (Phi) is 3.75. The maximum absolute atomic E-state index is 12.4. The van der Waals surface area contributed by atoms with Crippen LogP contribution >= 0.6 is 11.6 Å². The highest BCUT2D eigenvalue weighted by molar-refractivity contribution is 7.96. The molecule has 0 spiro atoms. The van der Waals surface area contributed by atoms with E-state index in [1.54, 1.807) is 19.1 Å². The Labute approximate surface area is 129 Å². The number of ether oxygens (including phenoxy) is 1. The number of benzene rings is 2. The molecule has 1 aliphatic heterocycles. The second-order valence-corrected chi connectivity index (χ2v) is 7.02. The molecule has 2 aromatic carbocycles. The van der Waals surface area contributed by atoms with Crippen molar-refractivity contribution in [2.45, 2.75) is 24.0 Å². The third-order valence-corrected chi connectivity index (χ3v) is 5.27. The van der Waals surface area contributed by atoms with Crippen LogP contribution in [0.3, 0.4) is 0 Å². The Hall–Kier alpha value is -1.40. The summed E-state index contributed by atoms with van der Waals surface area (Å²) in [6.07, 6.45) is -0.442. The average Bonchev–Trinajstić information content (AvgIpc) is 2.55. The topological polar surface area (TPSA) is 61.4 Å². The first kappa shape index (κ1) is 14.5. The Bertz CT molecular complexity index is 707. The van der Waals surface area contributed by atoms with Gasteiger partial charge in [-0.25, -0.2) is 0 Å². The third-order valence-electron chi connectivity index (χ3n) is 3.39. The van der Waals surface area contributed by atoms with Gasteiger partial charge < -0.3 is 9.29 Å². The molecule has 0 amide bonds. The van der Waals surface area contributed by atoms with Gasteiger partial charge >= 0.3 is 0 Å². The number of rotatable bonds is 1. The maximum Gasteiger partial charge on any atom is 0.218 e. The summed E-state index contributed by atoms with van der Waals surface area (Å²) in [6, 6.07) is 13.8. The van der Waals surface area contributed by atoms with Gasteiger partial charge in [0.15, 0.2) is 16.1 Å². The molecule has 1 unspecified atom stereocenters. The number of nitrogens with one attached hydrogen (secondary N) is 1. The molecule has 0 aromatic heterocycles. The zero-order chi connectivity index (χ0) is 15.0. The Morgan fingerprint density at radius 2 is 1.90 bits per heavy atom. The monoisotopic (exact) mass is 323 g/mol. The highest BCUT2D eigenvalue weighted by atomic mass is 35.5. The molecule has 1 N–H and O–H groups in total. The van der Waals surface area contributed by atoms with E-state index < -0.39 is 22.5 Å². The summed E-state index contributed by atoms with van der Waals surface area (Å²) in [6.45, 7) is 1.77. The lowest BCUT2D eigenvalue weighted by Crippen LogP contribution is -2.39. The van der Waals surface area contributed by atoms with Gasteiger partial charge in [0.1, 0.15) is 6.10 Å². The zero-order valence-electron chi connectivity index (χ0n) is 11.3. The number of hydrogen-bond acceptors (Lipinski definition) is 3. The fourth-order valence-electron chi connectivity index (χ4n) is 2.41. The summed E-state index contributed by atoms with van der Waals surface area (Å²) in [5.74, 6) is 0.199. The van der Waals surface area contributed by atoms with Crippen molar-refractivity contribution in [3.63, 3.8) is 0 Å². The number of fused-ring (bicyclic) bond motifs is 1. The van der Waals surface area contributed by atoms with Gasteiger partial charge in [-0.2, -0.15) is 0 Å². The first-order chi connectivity index (χ1) is 9.99. The van der Waals surface area contributed by atoms with Crippen LogP contribution in [0.1, 0.15) is 18.6 Å². The summed E-state index contributed by atoms with van der Waals surface area (Å²) < 4.78 is 33.4. The van der Waals surface area contributed by atoms with Crippen molar-refractivity contribution in [3.05, 3.63) is 59.1 Å². The van der Waals surface area contributed by atoms with Crippen molar-refractivity contribution in [2.24, 2.45) is 0 Å². The molecule has 6 heteroatoms. The Balaban J connectivity index is 2.12. The average molecular weight is 324 g/mol. The van der Waals surface area contributed by atoms with Crippen molar-refractivity contribution in [1.29, 1.82) is 0 Å². The molecule has 0 saturated heterocycles. The molecule has 3 atom stereocenters. The predicted molar refractivity (Wildman–Crippen MR) is 81.0 cm³/mol. The van der Waals surface area contributed by atoms with E-state index in [-0.39, 0.29) is 15.7 Å². The summed E-state index contributed by atoms with van der Waals surface area (Å²) in [4.78, 5) is 0.0697. The van der Waals surface area contributed by atoms with Gasteiger partial charge in [0, 0.05) is 0 Å². The molecule has 0 saturated carbocycles. The van der Waals surface area contributed by atoms with Crippen LogP contribution in [0.2, 0.25) is 5.02 Å². The predicted octanol–water partition coefficient (Wildman–Crippen LogP) is 3.36. The second-order valence-electron chi connectivity index (χ2n) is 4.93. The summed E-state index contributed by atoms with van der Waals surface area (Å²) in [5, 5.41) is 0.285. The van der Waals surface area contributed by atoms with E-state index in [1.807, 2.05) is 30.3 Å². The molecule has 0 aliphatic carbocycles. The van der Waals surface area contributed by atoms with Gasteiger partial charge in [-0.1, -0.05) is 52.2 Å². The van der Waals surface area contributed by atoms with Crippen LogP contribution < -0.4 is 9.46 Å². The third kappa shape index (κ3) is 2.70. The number of para-hydroxylation sites is 1. The van der Waals surface area contributed by atoms with Crippen molar-refractivity contribution >= 4 is 22.0 Å². The molecular weight excluding hydrogens is 310 g/mol. The van der Waals surface area contributed by atoms with Gasteiger partial charge in [-0.15, -0.1) is 4.72 Å². The standard InChI is InChI=1S/C15H14ClNO3S/c1-10-14(11-6-3-2-4-7-11)20-15-12(16)8-5-9-13(15)21(18,19)17-10/h2-10,14H,1H3,(H-,17,18,19)/t10-,14-/m1/s1. The molecule has 2 aromatic rings. The van der Waals surface area contributed by atoms with Crippen LogP contribution in [0.5, 0.6) is 5.75 Å². The first-order valence-electron chi connectivity index (χ1n) is 6.51. The Morgan fingerprint density at radius 1 is 1.19 bits per heavy atom. The van der Waals surface area contributed by atoms with Gasteiger partial charge in [0.25, 0.3) is 0 Å².